The van der Waals surface area contributed by atoms with Gasteiger partial charge in [0.05, 0.1) is 5.69 Å². The van der Waals surface area contributed by atoms with E-state index in [9.17, 15) is 0 Å². The molecule has 200 valence electrons. The molecule has 3 N–H and O–H groups in total. The molecular weight excluding hydrogens is 504 g/mol. The minimum absolute atomic E-state index is 0. The van der Waals surface area contributed by atoms with Crippen LogP contribution in [0, 0.1) is 6.92 Å². The zero-order valence-electron chi connectivity index (χ0n) is 21.8. The van der Waals surface area contributed by atoms with Crippen LogP contribution in [0.25, 0.3) is 11.3 Å². The number of nitrogens with zero attached hydrogens (tertiary/aromatic N) is 7. The molecule has 13 heteroatoms. The van der Waals surface area contributed by atoms with E-state index in [1.54, 1.807) is 45.1 Å². The highest BCUT2D eigenvalue weighted by atomic mass is 32.1. The van der Waals surface area contributed by atoms with E-state index in [-0.39, 0.29) is 19.4 Å². The van der Waals surface area contributed by atoms with Gasteiger partial charge in [-0.15, -0.1) is 0 Å². The maximum Gasteiger partial charge on any atom is 0.257 e. The first-order chi connectivity index (χ1) is 18.1. The molecule has 5 rings (SSSR count). The maximum atomic E-state index is 5.76. The fourth-order valence-electron chi connectivity index (χ4n) is 3.45. The summed E-state index contributed by atoms with van der Waals surface area (Å²) < 4.78 is 11.3. The quantitative estimate of drug-likeness (QED) is 0.319. The van der Waals surface area contributed by atoms with E-state index < -0.39 is 0 Å². The van der Waals surface area contributed by atoms with Crippen LogP contribution in [0.15, 0.2) is 49.4 Å². The van der Waals surface area contributed by atoms with E-state index in [0.29, 0.717) is 37.5 Å². The fourth-order valence-corrected chi connectivity index (χ4v) is 3.45. The molecule has 0 bridgehead atoms. The molecule has 0 fully saturated rings. The molecule has 1 aliphatic heterocycles. The lowest BCUT2D eigenvalue weighted by atomic mass is 10.0. The van der Waals surface area contributed by atoms with Crippen LogP contribution in [0.5, 0.6) is 11.6 Å². The van der Waals surface area contributed by atoms with Gasteiger partial charge in [0.2, 0.25) is 11.9 Å². The summed E-state index contributed by atoms with van der Waals surface area (Å²) in [6.07, 6.45) is 10.3. The summed E-state index contributed by atoms with van der Waals surface area (Å²) in [5, 5.41) is 9.09. The average molecular weight is 537 g/mol. The number of anilines is 3. The molecule has 0 spiro atoms. The van der Waals surface area contributed by atoms with Gasteiger partial charge in [-0.25, -0.2) is 34.9 Å². The van der Waals surface area contributed by atoms with Gasteiger partial charge >= 0.3 is 0 Å². The van der Waals surface area contributed by atoms with Crippen LogP contribution in [0.1, 0.15) is 24.0 Å². The normalized spacial score (nSPS) is 12.2. The number of hydrogen-bond acceptors (Lipinski definition) is 12. The van der Waals surface area contributed by atoms with E-state index in [1.165, 1.54) is 6.33 Å². The number of aromatic nitrogens is 7. The molecule has 0 aromatic carbocycles. The standard InChI is InChI=1S/C19H21N7O2.C6H9N3.H2S/c1-12(14-3-4-21-18-17(14)27-5-6-28-18)8-22-16-7-15(25-11-26-16)13-9-23-19(20-2)24-10-13;1-5-3-8-6(7-2)9-4-5;/h3-4,7,9-12H,5-6,8H2,1-2H3,(H,20,23,24)(H,22,25,26);3-4H,1-2H3,(H,7,8,9);1H2/t12-;;/m1../s1. The third-order valence-corrected chi connectivity index (χ3v) is 5.43. The Hall–Kier alpha value is -4.26. The molecule has 4 aromatic heterocycles. The summed E-state index contributed by atoms with van der Waals surface area (Å²) >= 11 is 0. The highest BCUT2D eigenvalue weighted by Gasteiger charge is 2.20. The van der Waals surface area contributed by atoms with Crippen LogP contribution in [0.2, 0.25) is 0 Å². The number of nitrogens with one attached hydrogen (secondary N) is 3. The Balaban J connectivity index is 0.000000341. The first-order valence-electron chi connectivity index (χ1n) is 11.8. The molecule has 0 saturated carbocycles. The lowest BCUT2D eigenvalue weighted by Crippen LogP contribution is -2.19. The molecule has 0 amide bonds. The van der Waals surface area contributed by atoms with Crippen LogP contribution in [0.3, 0.4) is 0 Å². The maximum absolute atomic E-state index is 5.76. The van der Waals surface area contributed by atoms with Crippen LogP contribution >= 0.6 is 13.5 Å². The topological polar surface area (TPSA) is 145 Å². The summed E-state index contributed by atoms with van der Waals surface area (Å²) in [6.45, 7) is 5.81. The van der Waals surface area contributed by atoms with Crippen LogP contribution in [0.4, 0.5) is 17.7 Å². The SMILES string of the molecule is CNc1ncc(-c2cc(NC[C@@H](C)c3ccnc4c3OCCO4)ncn2)cn1.CNc1ncc(C)cn1.S. The summed E-state index contributed by atoms with van der Waals surface area (Å²) in [5.41, 5.74) is 3.72. The second kappa shape index (κ2) is 13.9. The van der Waals surface area contributed by atoms with Gasteiger partial charge in [-0.05, 0) is 18.6 Å². The van der Waals surface area contributed by atoms with E-state index in [4.69, 9.17) is 9.47 Å². The molecule has 12 nitrogen and oxygen atoms in total. The Morgan fingerprint density at radius 2 is 1.53 bits per heavy atom. The zero-order chi connectivity index (χ0) is 26.0. The van der Waals surface area contributed by atoms with Crippen molar-refractivity contribution in [1.82, 2.24) is 34.9 Å². The smallest absolute Gasteiger partial charge is 0.257 e. The van der Waals surface area contributed by atoms with Crippen molar-refractivity contribution >= 4 is 31.2 Å². The molecule has 5 heterocycles. The van der Waals surface area contributed by atoms with Gasteiger partial charge in [0.15, 0.2) is 5.75 Å². The van der Waals surface area contributed by atoms with Gasteiger partial charge in [0, 0.05) is 74.7 Å². The van der Waals surface area contributed by atoms with E-state index in [2.05, 4.69) is 57.8 Å². The summed E-state index contributed by atoms with van der Waals surface area (Å²) in [7, 11) is 3.57. The van der Waals surface area contributed by atoms with Crippen molar-refractivity contribution < 1.29 is 9.47 Å². The molecule has 0 saturated heterocycles. The predicted octanol–water partition coefficient (Wildman–Crippen LogP) is 3.30. The van der Waals surface area contributed by atoms with Gasteiger partial charge in [0.25, 0.3) is 5.88 Å². The number of rotatable bonds is 7. The van der Waals surface area contributed by atoms with Crippen LogP contribution in [-0.4, -0.2) is 68.7 Å². The molecular formula is C25H32N10O2S. The summed E-state index contributed by atoms with van der Waals surface area (Å²) in [4.78, 5) is 29.2. The summed E-state index contributed by atoms with van der Waals surface area (Å²) in [6, 6.07) is 3.85. The molecule has 1 aliphatic rings. The Labute approximate surface area is 228 Å². The van der Waals surface area contributed by atoms with E-state index >= 15 is 0 Å². The average Bonchev–Trinajstić information content (AvgIpc) is 2.96. The molecule has 1 atom stereocenters. The summed E-state index contributed by atoms with van der Waals surface area (Å²) in [5.74, 6) is 3.43. The molecule has 0 unspecified atom stereocenters. The second-order valence-corrected chi connectivity index (χ2v) is 8.18. The third-order valence-electron chi connectivity index (χ3n) is 5.43. The van der Waals surface area contributed by atoms with Crippen LogP contribution < -0.4 is 25.4 Å². The van der Waals surface area contributed by atoms with Crippen molar-refractivity contribution in [3.63, 3.8) is 0 Å². The number of hydrogen-bond donors (Lipinski definition) is 3. The Morgan fingerprint density at radius 1 is 0.868 bits per heavy atom. The Morgan fingerprint density at radius 3 is 2.21 bits per heavy atom. The van der Waals surface area contributed by atoms with Gasteiger partial charge < -0.3 is 25.4 Å². The minimum atomic E-state index is 0. The second-order valence-electron chi connectivity index (χ2n) is 8.18. The van der Waals surface area contributed by atoms with Gasteiger partial charge in [-0.2, -0.15) is 13.5 Å². The van der Waals surface area contributed by atoms with Crippen molar-refractivity contribution in [2.75, 3.05) is 49.8 Å². The lowest BCUT2D eigenvalue weighted by Gasteiger charge is -2.22. The monoisotopic (exact) mass is 536 g/mol. The fraction of sp³-hybridized carbons (Fsp3) is 0.320. The molecule has 4 aromatic rings. The molecule has 38 heavy (non-hydrogen) atoms. The number of ether oxygens (including phenoxy) is 2. The van der Waals surface area contributed by atoms with Gasteiger partial charge in [-0.3, -0.25) is 0 Å². The van der Waals surface area contributed by atoms with Crippen molar-refractivity contribution in [2.45, 2.75) is 19.8 Å². The highest BCUT2D eigenvalue weighted by Crippen LogP contribution is 2.35. The number of aryl methyl sites for hydroxylation is 1. The van der Waals surface area contributed by atoms with Crippen LogP contribution in [-0.2, 0) is 0 Å². The first kappa shape index (κ1) is 28.3. The Kier molecular flexibility index (Phi) is 10.3. The number of pyridine rings is 1. The highest BCUT2D eigenvalue weighted by molar-refractivity contribution is 7.59. The van der Waals surface area contributed by atoms with E-state index in [0.717, 1.165) is 34.0 Å². The first-order valence-corrected chi connectivity index (χ1v) is 11.8. The molecule has 0 aliphatic carbocycles. The largest absolute Gasteiger partial charge is 0.484 e. The predicted molar refractivity (Wildman–Crippen MR) is 151 cm³/mol. The Bertz CT molecular complexity index is 1290. The van der Waals surface area contributed by atoms with Crippen molar-refractivity contribution in [3.05, 3.63) is 60.6 Å². The van der Waals surface area contributed by atoms with Crippen molar-refractivity contribution in [3.8, 4) is 22.9 Å². The third kappa shape index (κ3) is 7.38. The zero-order valence-corrected chi connectivity index (χ0v) is 22.8. The minimum Gasteiger partial charge on any atom is -0.484 e. The van der Waals surface area contributed by atoms with Gasteiger partial charge in [0.1, 0.15) is 25.4 Å². The number of fused-ring (bicyclic) bond motifs is 1. The molecule has 0 radical (unpaired) electrons. The lowest BCUT2D eigenvalue weighted by molar-refractivity contribution is 0.162. The van der Waals surface area contributed by atoms with Gasteiger partial charge in [-0.1, -0.05) is 6.92 Å². The van der Waals surface area contributed by atoms with Crippen molar-refractivity contribution in [1.29, 1.82) is 0 Å². The van der Waals surface area contributed by atoms with E-state index in [1.807, 2.05) is 19.1 Å². The van der Waals surface area contributed by atoms with Crippen molar-refractivity contribution in [2.24, 2.45) is 0 Å².